The zero-order valence-corrected chi connectivity index (χ0v) is 14.3. The highest BCUT2D eigenvalue weighted by atomic mass is 79.9. The topological polar surface area (TPSA) is 49.4 Å². The molecule has 0 radical (unpaired) electrons. The maximum atomic E-state index is 12.2. The molecular weight excluding hydrogens is 332 g/mol. The van der Waals surface area contributed by atoms with Gasteiger partial charge in [0.15, 0.2) is 0 Å². The average molecular weight is 353 g/mol. The Morgan fingerprint density at radius 3 is 2.43 bits per heavy atom. The van der Waals surface area contributed by atoms with Gasteiger partial charge < -0.3 is 5.32 Å². The highest BCUT2D eigenvalue weighted by molar-refractivity contribution is 9.10. The van der Waals surface area contributed by atoms with Crippen molar-refractivity contribution in [1.29, 1.82) is 0 Å². The summed E-state index contributed by atoms with van der Waals surface area (Å²) in [4.78, 5) is 25.8. The first-order valence-electron chi connectivity index (χ1n) is 7.16. The Hall–Kier alpha value is -1.20. The first-order chi connectivity index (χ1) is 9.79. The van der Waals surface area contributed by atoms with Crippen molar-refractivity contribution in [2.24, 2.45) is 5.41 Å². The van der Waals surface area contributed by atoms with Crippen LogP contribution in [-0.4, -0.2) is 36.3 Å². The summed E-state index contributed by atoms with van der Waals surface area (Å²) in [6.07, 6.45) is 1.06. The van der Waals surface area contributed by atoms with Crippen molar-refractivity contribution in [2.75, 3.05) is 19.6 Å². The van der Waals surface area contributed by atoms with E-state index in [0.29, 0.717) is 24.2 Å². The van der Waals surface area contributed by atoms with Gasteiger partial charge in [-0.3, -0.25) is 14.5 Å². The fraction of sp³-hybridized carbons (Fsp3) is 0.500. The second-order valence-corrected chi connectivity index (χ2v) is 7.43. The van der Waals surface area contributed by atoms with Crippen molar-refractivity contribution in [1.82, 2.24) is 10.2 Å². The number of hydrogen-bond donors (Lipinski definition) is 1. The number of carbonyl (C=O) groups excluding carboxylic acids is 2. The highest BCUT2D eigenvalue weighted by Gasteiger charge is 2.34. The third-order valence-electron chi connectivity index (χ3n) is 3.50. The van der Waals surface area contributed by atoms with Crippen LogP contribution in [0.15, 0.2) is 22.7 Å². The van der Waals surface area contributed by atoms with E-state index in [-0.39, 0.29) is 17.2 Å². The second-order valence-electron chi connectivity index (χ2n) is 6.51. The molecule has 0 aromatic heterocycles. The lowest BCUT2D eigenvalue weighted by molar-refractivity contribution is 0.0655. The summed E-state index contributed by atoms with van der Waals surface area (Å²) in [6.45, 7) is 8.50. The predicted molar refractivity (Wildman–Crippen MR) is 86.5 cm³/mol. The Morgan fingerprint density at radius 1 is 1.10 bits per heavy atom. The van der Waals surface area contributed by atoms with Crippen molar-refractivity contribution < 1.29 is 9.59 Å². The monoisotopic (exact) mass is 352 g/mol. The van der Waals surface area contributed by atoms with Crippen LogP contribution < -0.4 is 5.32 Å². The molecule has 2 amide bonds. The van der Waals surface area contributed by atoms with Crippen molar-refractivity contribution in [3.05, 3.63) is 33.8 Å². The van der Waals surface area contributed by atoms with Gasteiger partial charge in [-0.05, 0) is 36.6 Å². The zero-order chi connectivity index (χ0) is 15.6. The first-order valence-corrected chi connectivity index (χ1v) is 7.95. The Labute approximate surface area is 134 Å². The van der Waals surface area contributed by atoms with Crippen LogP contribution in [0.1, 0.15) is 47.9 Å². The fourth-order valence-corrected chi connectivity index (χ4v) is 2.61. The van der Waals surface area contributed by atoms with Gasteiger partial charge >= 0.3 is 0 Å². The molecule has 0 aliphatic carbocycles. The van der Waals surface area contributed by atoms with Crippen LogP contribution in [-0.2, 0) is 0 Å². The van der Waals surface area contributed by atoms with Crippen molar-refractivity contribution in [3.63, 3.8) is 0 Å². The number of carbonyl (C=O) groups is 2. The maximum absolute atomic E-state index is 12.2. The molecule has 0 saturated carbocycles. The van der Waals surface area contributed by atoms with E-state index in [1.165, 1.54) is 4.90 Å². The Bertz CT molecular complexity index is 564. The minimum Gasteiger partial charge on any atom is -0.315 e. The number of halogens is 1. The molecule has 0 unspecified atom stereocenters. The molecule has 5 heteroatoms. The molecule has 1 aromatic carbocycles. The van der Waals surface area contributed by atoms with Crippen LogP contribution in [0, 0.1) is 5.41 Å². The normalized spacial score (nSPS) is 14.8. The number of benzene rings is 1. The molecule has 114 valence electrons. The summed E-state index contributed by atoms with van der Waals surface area (Å²) < 4.78 is 0.813. The SMILES string of the molecule is CC(C)(C)CCNCCN1C(=O)c2ccc(Br)cc2C1=O. The molecule has 0 saturated heterocycles. The van der Waals surface area contributed by atoms with E-state index in [2.05, 4.69) is 42.0 Å². The number of amides is 2. The molecule has 0 fully saturated rings. The smallest absolute Gasteiger partial charge is 0.261 e. The van der Waals surface area contributed by atoms with Gasteiger partial charge in [0.2, 0.25) is 0 Å². The van der Waals surface area contributed by atoms with Crippen LogP contribution in [0.2, 0.25) is 0 Å². The van der Waals surface area contributed by atoms with Gasteiger partial charge in [0, 0.05) is 17.6 Å². The maximum Gasteiger partial charge on any atom is 0.261 e. The lowest BCUT2D eigenvalue weighted by Gasteiger charge is -2.19. The molecule has 0 bridgehead atoms. The lowest BCUT2D eigenvalue weighted by Crippen LogP contribution is -2.36. The van der Waals surface area contributed by atoms with Gasteiger partial charge in [-0.2, -0.15) is 0 Å². The lowest BCUT2D eigenvalue weighted by atomic mass is 9.92. The molecule has 1 aromatic rings. The molecular formula is C16H21BrN2O2. The number of nitrogens with zero attached hydrogens (tertiary/aromatic N) is 1. The van der Waals surface area contributed by atoms with E-state index >= 15 is 0 Å². The number of hydrogen-bond acceptors (Lipinski definition) is 3. The fourth-order valence-electron chi connectivity index (χ4n) is 2.25. The standard InChI is InChI=1S/C16H21BrN2O2/c1-16(2,3)6-7-18-8-9-19-14(20)12-5-4-11(17)10-13(12)15(19)21/h4-5,10,18H,6-9H2,1-3H3. The van der Waals surface area contributed by atoms with E-state index in [0.717, 1.165) is 17.4 Å². The summed E-state index contributed by atoms with van der Waals surface area (Å²) in [5.41, 5.74) is 1.27. The minimum atomic E-state index is -0.200. The Morgan fingerprint density at radius 2 is 1.76 bits per heavy atom. The molecule has 0 atom stereocenters. The molecule has 1 aliphatic heterocycles. The Balaban J connectivity index is 1.89. The van der Waals surface area contributed by atoms with Crippen LogP contribution in [0.4, 0.5) is 0 Å². The number of imide groups is 1. The largest absolute Gasteiger partial charge is 0.315 e. The van der Waals surface area contributed by atoms with E-state index < -0.39 is 0 Å². The van der Waals surface area contributed by atoms with Crippen LogP contribution in [0.3, 0.4) is 0 Å². The molecule has 2 rings (SSSR count). The van der Waals surface area contributed by atoms with E-state index in [1.54, 1.807) is 18.2 Å². The third-order valence-corrected chi connectivity index (χ3v) is 3.99. The molecule has 4 nitrogen and oxygen atoms in total. The van der Waals surface area contributed by atoms with E-state index in [1.807, 2.05) is 0 Å². The summed E-state index contributed by atoms with van der Waals surface area (Å²) in [5.74, 6) is -0.394. The van der Waals surface area contributed by atoms with Gasteiger partial charge in [-0.25, -0.2) is 0 Å². The van der Waals surface area contributed by atoms with Gasteiger partial charge in [-0.1, -0.05) is 36.7 Å². The number of fused-ring (bicyclic) bond motifs is 1. The van der Waals surface area contributed by atoms with Crippen LogP contribution >= 0.6 is 15.9 Å². The number of nitrogens with one attached hydrogen (secondary N) is 1. The van der Waals surface area contributed by atoms with E-state index in [4.69, 9.17) is 0 Å². The third kappa shape index (κ3) is 3.92. The van der Waals surface area contributed by atoms with E-state index in [9.17, 15) is 9.59 Å². The minimum absolute atomic E-state index is 0.194. The molecule has 1 heterocycles. The average Bonchev–Trinajstić information content (AvgIpc) is 2.61. The predicted octanol–water partition coefficient (Wildman–Crippen LogP) is 3.07. The molecule has 1 N–H and O–H groups in total. The van der Waals surface area contributed by atoms with Crippen molar-refractivity contribution >= 4 is 27.7 Å². The highest BCUT2D eigenvalue weighted by Crippen LogP contribution is 2.25. The van der Waals surface area contributed by atoms with Crippen LogP contribution in [0.25, 0.3) is 0 Å². The second kappa shape index (κ2) is 6.28. The Kier molecular flexibility index (Phi) is 4.84. The van der Waals surface area contributed by atoms with Crippen LogP contribution in [0.5, 0.6) is 0 Å². The van der Waals surface area contributed by atoms with Gasteiger partial charge in [0.25, 0.3) is 11.8 Å². The number of rotatable bonds is 5. The van der Waals surface area contributed by atoms with Crippen molar-refractivity contribution in [3.8, 4) is 0 Å². The van der Waals surface area contributed by atoms with Gasteiger partial charge in [0.05, 0.1) is 11.1 Å². The van der Waals surface area contributed by atoms with Gasteiger partial charge in [-0.15, -0.1) is 0 Å². The molecule has 1 aliphatic rings. The van der Waals surface area contributed by atoms with Gasteiger partial charge in [0.1, 0.15) is 0 Å². The first kappa shape index (κ1) is 16.2. The summed E-state index contributed by atoms with van der Waals surface area (Å²) >= 11 is 3.33. The summed E-state index contributed by atoms with van der Waals surface area (Å²) in [5, 5.41) is 3.29. The summed E-state index contributed by atoms with van der Waals surface area (Å²) in [7, 11) is 0. The summed E-state index contributed by atoms with van der Waals surface area (Å²) in [6, 6.07) is 5.20. The zero-order valence-electron chi connectivity index (χ0n) is 12.7. The molecule has 0 spiro atoms. The molecule has 21 heavy (non-hydrogen) atoms. The van der Waals surface area contributed by atoms with Crippen molar-refractivity contribution in [2.45, 2.75) is 27.2 Å². The quantitative estimate of drug-likeness (QED) is 0.654.